The zero-order chi connectivity index (χ0) is 15.2. The lowest BCUT2D eigenvalue weighted by Gasteiger charge is -2.19. The normalized spacial score (nSPS) is 18.1. The topological polar surface area (TPSA) is 59.6 Å². The van der Waals surface area contributed by atoms with Crippen LogP contribution >= 0.6 is 0 Å². The molecule has 0 amide bonds. The summed E-state index contributed by atoms with van der Waals surface area (Å²) in [5, 5.41) is 3.28. The van der Waals surface area contributed by atoms with Crippen LogP contribution in [0.4, 0.5) is 5.69 Å². The monoisotopic (exact) mass is 301 g/mol. The predicted octanol–water partition coefficient (Wildman–Crippen LogP) is 3.11. The molecule has 0 bridgehead atoms. The van der Waals surface area contributed by atoms with E-state index in [0.29, 0.717) is 5.96 Å². The molecule has 3 N–H and O–H groups in total. The maximum absolute atomic E-state index is 6.01. The van der Waals surface area contributed by atoms with Crippen molar-refractivity contribution in [3.63, 3.8) is 0 Å². The van der Waals surface area contributed by atoms with Crippen molar-refractivity contribution in [1.29, 1.82) is 0 Å². The van der Waals surface area contributed by atoms with E-state index in [1.54, 1.807) is 0 Å². The molecule has 22 heavy (non-hydrogen) atoms. The van der Waals surface area contributed by atoms with Crippen LogP contribution in [-0.4, -0.2) is 25.7 Å². The third-order valence-corrected chi connectivity index (χ3v) is 4.44. The van der Waals surface area contributed by atoms with Crippen LogP contribution in [-0.2, 0) is 17.6 Å². The molecule has 1 aromatic carbocycles. The lowest BCUT2D eigenvalue weighted by molar-refractivity contribution is 0.123. The summed E-state index contributed by atoms with van der Waals surface area (Å²) in [6.45, 7) is 2.43. The molecule has 2 aliphatic rings. The number of nitrogens with two attached hydrogens (primary N) is 1. The lowest BCUT2D eigenvalue weighted by Crippen LogP contribution is -2.24. The highest BCUT2D eigenvalue weighted by atomic mass is 16.5. The third-order valence-electron chi connectivity index (χ3n) is 4.44. The highest BCUT2D eigenvalue weighted by Gasteiger charge is 2.20. The smallest absolute Gasteiger partial charge is 0.193 e. The molecule has 4 nitrogen and oxygen atoms in total. The lowest BCUT2D eigenvalue weighted by atomic mass is 9.90. The largest absolute Gasteiger partial charge is 0.381 e. The predicted molar refractivity (Wildman–Crippen MR) is 91.4 cm³/mol. The van der Waals surface area contributed by atoms with Gasteiger partial charge in [-0.1, -0.05) is 12.1 Å². The van der Waals surface area contributed by atoms with Gasteiger partial charge in [-0.2, -0.15) is 0 Å². The highest BCUT2D eigenvalue weighted by molar-refractivity contribution is 5.93. The highest BCUT2D eigenvalue weighted by Crippen LogP contribution is 2.29. The molecule has 1 saturated carbocycles. The third kappa shape index (κ3) is 4.47. The summed E-state index contributed by atoms with van der Waals surface area (Å²) in [6.07, 6.45) is 8.50. The van der Waals surface area contributed by atoms with Crippen LogP contribution in [0.25, 0.3) is 0 Å². The number of rotatable bonds is 7. The molecular formula is C18H27N3O. The van der Waals surface area contributed by atoms with E-state index in [0.717, 1.165) is 44.2 Å². The zero-order valence-corrected chi connectivity index (χ0v) is 13.3. The molecule has 0 unspecified atom stereocenters. The van der Waals surface area contributed by atoms with Gasteiger partial charge in [0.05, 0.1) is 0 Å². The summed E-state index contributed by atoms with van der Waals surface area (Å²) < 4.78 is 5.60. The number of hydrogen-bond donors (Lipinski definition) is 2. The zero-order valence-electron chi connectivity index (χ0n) is 13.3. The number of anilines is 1. The molecule has 0 atom stereocenters. The molecule has 2 aliphatic carbocycles. The quantitative estimate of drug-likeness (QED) is 0.462. The SMILES string of the molecule is NC(=NCCCOCC1CC1)Nc1cccc2c1CCCC2. The van der Waals surface area contributed by atoms with Crippen LogP contribution in [0.1, 0.15) is 43.2 Å². The Hall–Kier alpha value is -1.55. The molecular weight excluding hydrogens is 274 g/mol. The van der Waals surface area contributed by atoms with E-state index in [4.69, 9.17) is 10.5 Å². The fourth-order valence-corrected chi connectivity index (χ4v) is 2.98. The van der Waals surface area contributed by atoms with Gasteiger partial charge in [0.25, 0.3) is 0 Å². The van der Waals surface area contributed by atoms with Crippen LogP contribution in [0, 0.1) is 5.92 Å². The Balaban J connectivity index is 1.44. The fourth-order valence-electron chi connectivity index (χ4n) is 2.98. The Morgan fingerprint density at radius 3 is 3.00 bits per heavy atom. The van der Waals surface area contributed by atoms with Crippen molar-refractivity contribution >= 4 is 11.6 Å². The van der Waals surface area contributed by atoms with Gasteiger partial charge in [-0.15, -0.1) is 0 Å². The van der Waals surface area contributed by atoms with E-state index in [1.165, 1.54) is 43.2 Å². The Bertz CT molecular complexity index is 523. The molecule has 0 aliphatic heterocycles. The van der Waals surface area contributed by atoms with Crippen LogP contribution in [0.3, 0.4) is 0 Å². The second-order valence-electron chi connectivity index (χ2n) is 6.41. The van der Waals surface area contributed by atoms with Crippen molar-refractivity contribution in [3.05, 3.63) is 29.3 Å². The van der Waals surface area contributed by atoms with Crippen molar-refractivity contribution in [2.75, 3.05) is 25.1 Å². The molecule has 0 aromatic heterocycles. The number of ether oxygens (including phenoxy) is 1. The Labute approximate surface area is 133 Å². The molecule has 3 rings (SSSR count). The summed E-state index contributed by atoms with van der Waals surface area (Å²) in [6, 6.07) is 6.43. The minimum atomic E-state index is 0.515. The van der Waals surface area contributed by atoms with Gasteiger partial charge in [0.2, 0.25) is 0 Å². The number of aliphatic imine (C=N–C) groups is 1. The van der Waals surface area contributed by atoms with Crippen molar-refractivity contribution in [2.24, 2.45) is 16.6 Å². The molecule has 0 heterocycles. The van der Waals surface area contributed by atoms with Crippen molar-refractivity contribution in [2.45, 2.75) is 44.9 Å². The Morgan fingerprint density at radius 1 is 1.27 bits per heavy atom. The van der Waals surface area contributed by atoms with Gasteiger partial charge in [-0.3, -0.25) is 4.99 Å². The second-order valence-corrected chi connectivity index (χ2v) is 6.41. The van der Waals surface area contributed by atoms with Gasteiger partial charge >= 0.3 is 0 Å². The summed E-state index contributed by atoms with van der Waals surface area (Å²) in [7, 11) is 0. The minimum Gasteiger partial charge on any atom is -0.381 e. The molecule has 0 spiro atoms. The van der Waals surface area contributed by atoms with E-state index < -0.39 is 0 Å². The van der Waals surface area contributed by atoms with Crippen LogP contribution in [0.5, 0.6) is 0 Å². The Morgan fingerprint density at radius 2 is 2.14 bits per heavy atom. The van der Waals surface area contributed by atoms with E-state index in [1.807, 2.05) is 0 Å². The second kappa shape index (κ2) is 7.63. The van der Waals surface area contributed by atoms with Crippen LogP contribution in [0.15, 0.2) is 23.2 Å². The minimum absolute atomic E-state index is 0.515. The van der Waals surface area contributed by atoms with E-state index in [-0.39, 0.29) is 0 Å². The average Bonchev–Trinajstić information content (AvgIpc) is 3.35. The van der Waals surface area contributed by atoms with Gasteiger partial charge < -0.3 is 15.8 Å². The Kier molecular flexibility index (Phi) is 5.33. The van der Waals surface area contributed by atoms with Gasteiger partial charge in [-0.05, 0) is 68.1 Å². The molecule has 0 saturated heterocycles. The number of nitrogens with zero attached hydrogens (tertiary/aromatic N) is 1. The first-order valence-electron chi connectivity index (χ1n) is 8.58. The first kappa shape index (κ1) is 15.3. The van der Waals surface area contributed by atoms with Gasteiger partial charge in [-0.25, -0.2) is 0 Å². The molecule has 1 aromatic rings. The van der Waals surface area contributed by atoms with E-state index in [9.17, 15) is 0 Å². The molecule has 0 radical (unpaired) electrons. The molecule has 4 heteroatoms. The molecule has 120 valence electrons. The van der Waals surface area contributed by atoms with Crippen LogP contribution in [0.2, 0.25) is 0 Å². The average molecular weight is 301 g/mol. The summed E-state index contributed by atoms with van der Waals surface area (Å²) >= 11 is 0. The van der Waals surface area contributed by atoms with Crippen molar-refractivity contribution in [3.8, 4) is 0 Å². The van der Waals surface area contributed by atoms with Crippen molar-refractivity contribution < 1.29 is 4.74 Å². The van der Waals surface area contributed by atoms with E-state index in [2.05, 4.69) is 28.5 Å². The maximum atomic E-state index is 6.01. The first-order chi connectivity index (χ1) is 10.8. The number of fused-ring (bicyclic) bond motifs is 1. The standard InChI is InChI=1S/C18H27N3O/c19-18(20-11-4-12-22-13-14-9-10-14)21-17-8-3-6-15-5-1-2-7-16(15)17/h3,6,8,14H,1-2,4-5,7,9-13H2,(H3,19,20,21). The number of aryl methyl sites for hydroxylation is 1. The van der Waals surface area contributed by atoms with Gasteiger partial charge in [0, 0.05) is 25.4 Å². The van der Waals surface area contributed by atoms with Crippen molar-refractivity contribution in [1.82, 2.24) is 0 Å². The number of guanidine groups is 1. The maximum Gasteiger partial charge on any atom is 0.193 e. The first-order valence-corrected chi connectivity index (χ1v) is 8.58. The fraction of sp³-hybridized carbons (Fsp3) is 0.611. The van der Waals surface area contributed by atoms with Gasteiger partial charge in [0.1, 0.15) is 0 Å². The summed E-state index contributed by atoms with van der Waals surface area (Å²) in [5.74, 6) is 1.35. The summed E-state index contributed by atoms with van der Waals surface area (Å²) in [4.78, 5) is 4.40. The number of nitrogens with one attached hydrogen (secondary N) is 1. The van der Waals surface area contributed by atoms with E-state index >= 15 is 0 Å². The summed E-state index contributed by atoms with van der Waals surface area (Å²) in [5.41, 5.74) is 10.0. The molecule has 1 fully saturated rings. The van der Waals surface area contributed by atoms with Crippen LogP contribution < -0.4 is 11.1 Å². The number of benzene rings is 1. The number of hydrogen-bond acceptors (Lipinski definition) is 2. The van der Waals surface area contributed by atoms with Gasteiger partial charge in [0.15, 0.2) is 5.96 Å².